The van der Waals surface area contributed by atoms with E-state index in [1.807, 2.05) is 6.07 Å². The van der Waals surface area contributed by atoms with Crippen molar-refractivity contribution in [2.45, 2.75) is 0 Å². The standard InChI is InChI=1S/C10H11FN2O/c1-14-10-6-8(7-12)2-3-9(10)13-5-4-11/h2-3,6,13H,4-5H2,1H3. The number of nitrogens with zero attached hydrogens (tertiary/aromatic N) is 1. The molecule has 0 radical (unpaired) electrons. The van der Waals surface area contributed by atoms with Gasteiger partial charge in [-0.3, -0.25) is 0 Å². The zero-order chi connectivity index (χ0) is 10.4. The van der Waals surface area contributed by atoms with Crippen LogP contribution in [0.25, 0.3) is 0 Å². The lowest BCUT2D eigenvalue weighted by Crippen LogP contribution is -2.04. The van der Waals surface area contributed by atoms with Gasteiger partial charge in [-0.05, 0) is 12.1 Å². The fourth-order valence-corrected chi connectivity index (χ4v) is 1.09. The maximum Gasteiger partial charge on any atom is 0.143 e. The maximum atomic E-state index is 11.9. The minimum atomic E-state index is -0.441. The number of hydrogen-bond acceptors (Lipinski definition) is 3. The first-order valence-electron chi connectivity index (χ1n) is 4.19. The van der Waals surface area contributed by atoms with E-state index >= 15 is 0 Å². The zero-order valence-corrected chi connectivity index (χ0v) is 7.88. The smallest absolute Gasteiger partial charge is 0.143 e. The van der Waals surface area contributed by atoms with Gasteiger partial charge in [-0.25, -0.2) is 4.39 Å². The lowest BCUT2D eigenvalue weighted by Gasteiger charge is -2.09. The summed E-state index contributed by atoms with van der Waals surface area (Å²) in [6, 6.07) is 6.97. The highest BCUT2D eigenvalue weighted by molar-refractivity contribution is 5.59. The summed E-state index contributed by atoms with van der Waals surface area (Å²) in [6.45, 7) is -0.203. The Kier molecular flexibility index (Phi) is 3.74. The van der Waals surface area contributed by atoms with Crippen molar-refractivity contribution < 1.29 is 9.13 Å². The molecular weight excluding hydrogens is 183 g/mol. The molecule has 0 aliphatic carbocycles. The number of ether oxygens (including phenoxy) is 1. The molecule has 0 bridgehead atoms. The van der Waals surface area contributed by atoms with Gasteiger partial charge in [-0.15, -0.1) is 0 Å². The third kappa shape index (κ3) is 2.36. The van der Waals surface area contributed by atoms with Crippen molar-refractivity contribution in [3.8, 4) is 11.8 Å². The predicted octanol–water partition coefficient (Wildman–Crippen LogP) is 1.95. The first-order valence-corrected chi connectivity index (χ1v) is 4.19. The number of nitrogens with one attached hydrogen (secondary N) is 1. The predicted molar refractivity (Wildman–Crippen MR) is 52.2 cm³/mol. The third-order valence-corrected chi connectivity index (χ3v) is 1.74. The average molecular weight is 194 g/mol. The molecule has 0 amide bonds. The summed E-state index contributed by atoms with van der Waals surface area (Å²) in [7, 11) is 1.51. The van der Waals surface area contributed by atoms with Gasteiger partial charge in [0.1, 0.15) is 12.4 Å². The summed E-state index contributed by atoms with van der Waals surface area (Å²) in [5.41, 5.74) is 1.22. The number of benzene rings is 1. The first-order chi connectivity index (χ1) is 6.81. The van der Waals surface area contributed by atoms with Crippen LogP contribution in [-0.2, 0) is 0 Å². The fraction of sp³-hybridized carbons (Fsp3) is 0.300. The Morgan fingerprint density at radius 2 is 2.36 bits per heavy atom. The van der Waals surface area contributed by atoms with Crippen LogP contribution in [0.15, 0.2) is 18.2 Å². The average Bonchev–Trinajstić information content (AvgIpc) is 2.26. The van der Waals surface area contributed by atoms with E-state index in [-0.39, 0.29) is 6.54 Å². The largest absolute Gasteiger partial charge is 0.495 e. The van der Waals surface area contributed by atoms with Gasteiger partial charge in [0.05, 0.1) is 24.4 Å². The van der Waals surface area contributed by atoms with E-state index in [0.717, 1.165) is 0 Å². The SMILES string of the molecule is COc1cc(C#N)ccc1NCCF. The Morgan fingerprint density at radius 3 is 2.93 bits per heavy atom. The molecule has 0 unspecified atom stereocenters. The molecule has 4 heteroatoms. The molecule has 0 saturated heterocycles. The van der Waals surface area contributed by atoms with Crippen LogP contribution < -0.4 is 10.1 Å². The van der Waals surface area contributed by atoms with Crippen molar-refractivity contribution in [2.24, 2.45) is 0 Å². The molecular formula is C10H11FN2O. The summed E-state index contributed by atoms with van der Waals surface area (Å²) >= 11 is 0. The Hall–Kier alpha value is -1.76. The Bertz CT molecular complexity index is 346. The summed E-state index contributed by atoms with van der Waals surface area (Å²) in [4.78, 5) is 0. The molecule has 1 aromatic carbocycles. The summed E-state index contributed by atoms with van der Waals surface area (Å²) in [6.07, 6.45) is 0. The van der Waals surface area contributed by atoms with Gasteiger partial charge in [0.2, 0.25) is 0 Å². The highest BCUT2D eigenvalue weighted by Crippen LogP contribution is 2.24. The number of rotatable bonds is 4. The van der Waals surface area contributed by atoms with Gasteiger partial charge in [0.15, 0.2) is 0 Å². The van der Waals surface area contributed by atoms with Crippen molar-refractivity contribution >= 4 is 5.69 Å². The Labute approximate surface area is 82.1 Å². The van der Waals surface area contributed by atoms with Gasteiger partial charge in [0.25, 0.3) is 0 Å². The molecule has 0 aliphatic rings. The van der Waals surface area contributed by atoms with Crippen LogP contribution in [0.3, 0.4) is 0 Å². The van der Waals surface area contributed by atoms with Crippen LogP contribution in [0.4, 0.5) is 10.1 Å². The second-order valence-corrected chi connectivity index (χ2v) is 2.64. The number of alkyl halides is 1. The van der Waals surface area contributed by atoms with Gasteiger partial charge in [0, 0.05) is 12.6 Å². The number of anilines is 1. The lowest BCUT2D eigenvalue weighted by atomic mass is 10.2. The van der Waals surface area contributed by atoms with Gasteiger partial charge >= 0.3 is 0 Å². The van der Waals surface area contributed by atoms with Crippen LogP contribution in [-0.4, -0.2) is 20.3 Å². The molecule has 0 saturated carbocycles. The van der Waals surface area contributed by atoms with E-state index < -0.39 is 6.67 Å². The Morgan fingerprint density at radius 1 is 1.57 bits per heavy atom. The summed E-state index contributed by atoms with van der Waals surface area (Å²) < 4.78 is 17.0. The molecule has 0 atom stereocenters. The van der Waals surface area contributed by atoms with E-state index in [0.29, 0.717) is 17.0 Å². The normalized spacial score (nSPS) is 9.21. The number of nitriles is 1. The van der Waals surface area contributed by atoms with Crippen LogP contribution >= 0.6 is 0 Å². The van der Waals surface area contributed by atoms with Crippen molar-refractivity contribution in [3.05, 3.63) is 23.8 Å². The molecule has 1 rings (SSSR count). The van der Waals surface area contributed by atoms with Crippen LogP contribution in [0.1, 0.15) is 5.56 Å². The molecule has 14 heavy (non-hydrogen) atoms. The molecule has 74 valence electrons. The number of methoxy groups -OCH3 is 1. The number of halogens is 1. The van der Waals surface area contributed by atoms with Gasteiger partial charge < -0.3 is 10.1 Å². The molecule has 0 aliphatic heterocycles. The van der Waals surface area contributed by atoms with E-state index in [1.54, 1.807) is 18.2 Å². The molecule has 1 N–H and O–H groups in total. The first kappa shape index (κ1) is 10.3. The summed E-state index contributed by atoms with van der Waals surface area (Å²) in [5, 5.41) is 11.5. The molecule has 3 nitrogen and oxygen atoms in total. The van der Waals surface area contributed by atoms with Crippen molar-refractivity contribution in [1.82, 2.24) is 0 Å². The lowest BCUT2D eigenvalue weighted by molar-refractivity contribution is 0.416. The Balaban J connectivity index is 2.89. The summed E-state index contributed by atoms with van der Waals surface area (Å²) in [5.74, 6) is 0.553. The zero-order valence-electron chi connectivity index (χ0n) is 7.88. The fourth-order valence-electron chi connectivity index (χ4n) is 1.09. The van der Waals surface area contributed by atoms with E-state index in [9.17, 15) is 4.39 Å². The van der Waals surface area contributed by atoms with Gasteiger partial charge in [-0.2, -0.15) is 5.26 Å². The van der Waals surface area contributed by atoms with Gasteiger partial charge in [-0.1, -0.05) is 0 Å². The van der Waals surface area contributed by atoms with Crippen molar-refractivity contribution in [3.63, 3.8) is 0 Å². The van der Waals surface area contributed by atoms with E-state index in [1.165, 1.54) is 7.11 Å². The monoisotopic (exact) mass is 194 g/mol. The molecule has 0 aromatic heterocycles. The molecule has 0 fully saturated rings. The highest BCUT2D eigenvalue weighted by atomic mass is 19.1. The van der Waals surface area contributed by atoms with Crippen molar-refractivity contribution in [1.29, 1.82) is 5.26 Å². The van der Waals surface area contributed by atoms with Crippen molar-refractivity contribution in [2.75, 3.05) is 25.6 Å². The molecule has 1 aromatic rings. The molecule has 0 spiro atoms. The quantitative estimate of drug-likeness (QED) is 0.796. The minimum absolute atomic E-state index is 0.238. The maximum absolute atomic E-state index is 11.9. The van der Waals surface area contributed by atoms with Crippen LogP contribution in [0.5, 0.6) is 5.75 Å². The third-order valence-electron chi connectivity index (χ3n) is 1.74. The van der Waals surface area contributed by atoms with Crippen LogP contribution in [0.2, 0.25) is 0 Å². The second kappa shape index (κ2) is 5.07. The minimum Gasteiger partial charge on any atom is -0.495 e. The second-order valence-electron chi connectivity index (χ2n) is 2.64. The highest BCUT2D eigenvalue weighted by Gasteiger charge is 2.02. The van der Waals surface area contributed by atoms with Crippen LogP contribution in [0, 0.1) is 11.3 Å². The van der Waals surface area contributed by atoms with E-state index in [4.69, 9.17) is 10.00 Å². The van der Waals surface area contributed by atoms with E-state index in [2.05, 4.69) is 5.32 Å². The number of hydrogen-bond donors (Lipinski definition) is 1. The topological polar surface area (TPSA) is 45.0 Å². The molecule has 0 heterocycles.